The van der Waals surface area contributed by atoms with Gasteiger partial charge in [-0.1, -0.05) is 12.1 Å². The molecule has 0 unspecified atom stereocenters. The zero-order valence-electron chi connectivity index (χ0n) is 9.08. The van der Waals surface area contributed by atoms with Crippen molar-refractivity contribution in [2.24, 2.45) is 0 Å². The van der Waals surface area contributed by atoms with Gasteiger partial charge in [0.15, 0.2) is 0 Å². The molecule has 0 bridgehead atoms. The molecule has 3 rings (SSSR count). The molecule has 0 fully saturated rings. The first-order chi connectivity index (χ1) is 8.11. The Balaban J connectivity index is 2.53. The van der Waals surface area contributed by atoms with Crippen LogP contribution in [0.25, 0.3) is 11.0 Å². The number of fused-ring (bicyclic) bond motifs is 2. The molecule has 0 saturated heterocycles. The predicted octanol–water partition coefficient (Wildman–Crippen LogP) is 0.487. The first-order valence-corrected chi connectivity index (χ1v) is 5.13. The van der Waals surface area contributed by atoms with Crippen LogP contribution in [0.2, 0.25) is 0 Å². The van der Waals surface area contributed by atoms with Crippen molar-refractivity contribution in [3.8, 4) is 0 Å². The van der Waals surface area contributed by atoms with Gasteiger partial charge in [-0.05, 0) is 6.07 Å². The van der Waals surface area contributed by atoms with Gasteiger partial charge in [0.25, 0.3) is 5.52 Å². The summed E-state index contributed by atoms with van der Waals surface area (Å²) < 4.78 is 1.21. The van der Waals surface area contributed by atoms with E-state index in [2.05, 4.69) is 0 Å². The van der Waals surface area contributed by atoms with Gasteiger partial charge < -0.3 is 14.8 Å². The van der Waals surface area contributed by atoms with Crippen molar-refractivity contribution >= 4 is 16.9 Å². The highest BCUT2D eigenvalue weighted by molar-refractivity contribution is 5.95. The molecule has 2 heterocycles. The minimum absolute atomic E-state index is 0.0683. The van der Waals surface area contributed by atoms with E-state index in [0.717, 1.165) is 0 Å². The number of carbonyl (C=O) groups excluding carboxylic acids is 1. The van der Waals surface area contributed by atoms with Crippen molar-refractivity contribution in [2.75, 3.05) is 7.05 Å². The van der Waals surface area contributed by atoms with E-state index in [0.29, 0.717) is 9.16 Å². The summed E-state index contributed by atoms with van der Waals surface area (Å²) in [5.41, 5.74) is 0.640. The smallest absolute Gasteiger partial charge is 0.348 e. The van der Waals surface area contributed by atoms with Gasteiger partial charge >= 0.3 is 11.6 Å². The van der Waals surface area contributed by atoms with Gasteiger partial charge in [0.2, 0.25) is 0 Å². The van der Waals surface area contributed by atoms with Crippen LogP contribution in [0, 0.1) is 10.1 Å². The van der Waals surface area contributed by atoms with Gasteiger partial charge in [0, 0.05) is 18.0 Å². The number of carbonyl (C=O) groups is 1. The van der Waals surface area contributed by atoms with Crippen LogP contribution in [-0.4, -0.2) is 22.6 Å². The number of amides is 1. The lowest BCUT2D eigenvalue weighted by atomic mass is 10.2. The average molecular weight is 231 g/mol. The van der Waals surface area contributed by atoms with E-state index in [1.165, 1.54) is 11.0 Å². The number of aromatic nitrogens is 2. The Morgan fingerprint density at radius 3 is 2.82 bits per heavy atom. The maximum atomic E-state index is 12.0. The average Bonchev–Trinajstić information content (AvgIpc) is 2.64. The van der Waals surface area contributed by atoms with E-state index >= 15 is 0 Å². The quantitative estimate of drug-likeness (QED) is 0.619. The normalized spacial score (nSPS) is 14.4. The Bertz CT molecular complexity index is 705. The number of hydrogen-bond donors (Lipinski definition) is 0. The molecule has 1 amide bonds. The van der Waals surface area contributed by atoms with Gasteiger partial charge in [0.1, 0.15) is 11.2 Å². The van der Waals surface area contributed by atoms with Crippen LogP contribution in [0.15, 0.2) is 24.3 Å². The molecule has 1 aliphatic rings. The summed E-state index contributed by atoms with van der Waals surface area (Å²) in [7, 11) is 1.56. The molecule has 1 aromatic carbocycles. The highest BCUT2D eigenvalue weighted by Gasteiger charge is 2.37. The van der Waals surface area contributed by atoms with Crippen LogP contribution in [0.3, 0.4) is 0 Å². The Morgan fingerprint density at radius 2 is 2.06 bits per heavy atom. The highest BCUT2D eigenvalue weighted by atomic mass is 16.5. The van der Waals surface area contributed by atoms with Crippen molar-refractivity contribution in [2.45, 2.75) is 6.54 Å². The summed E-state index contributed by atoms with van der Waals surface area (Å²) >= 11 is 0. The number of rotatable bonds is 0. The Kier molecular flexibility index (Phi) is 1.77. The van der Waals surface area contributed by atoms with Crippen LogP contribution < -0.4 is 4.43 Å². The SMILES string of the molecule is CN1Cc2c([n+](=O)c3ccccc3n2[O-])C1=O. The molecule has 6 heteroatoms. The van der Waals surface area contributed by atoms with Crippen molar-refractivity contribution in [1.29, 1.82) is 0 Å². The van der Waals surface area contributed by atoms with E-state index in [4.69, 9.17) is 0 Å². The third-order valence-corrected chi connectivity index (χ3v) is 2.98. The zero-order valence-corrected chi connectivity index (χ0v) is 9.08. The summed E-state index contributed by atoms with van der Waals surface area (Å²) in [6.07, 6.45) is 0. The number of para-hydroxylation sites is 2. The van der Waals surface area contributed by atoms with Crippen molar-refractivity contribution in [3.63, 3.8) is 0 Å². The number of nitrogens with zero attached hydrogens (tertiary/aromatic N) is 3. The second-order valence-electron chi connectivity index (χ2n) is 4.03. The molecular weight excluding hydrogens is 222 g/mol. The molecule has 1 aromatic heterocycles. The summed E-state index contributed by atoms with van der Waals surface area (Å²) in [6.45, 7) is 0.171. The molecule has 17 heavy (non-hydrogen) atoms. The fourth-order valence-electron chi connectivity index (χ4n) is 2.11. The van der Waals surface area contributed by atoms with Gasteiger partial charge in [-0.15, -0.1) is 0 Å². The van der Waals surface area contributed by atoms with Gasteiger partial charge in [0.05, 0.1) is 11.0 Å². The van der Waals surface area contributed by atoms with E-state index in [-0.39, 0.29) is 29.0 Å². The number of benzene rings is 1. The van der Waals surface area contributed by atoms with Crippen molar-refractivity contribution in [3.05, 3.63) is 45.8 Å². The van der Waals surface area contributed by atoms with Crippen LogP contribution >= 0.6 is 0 Å². The van der Waals surface area contributed by atoms with Gasteiger partial charge in [-0.3, -0.25) is 4.79 Å². The molecule has 0 atom stereocenters. The number of hydrogen-bond acceptors (Lipinski definition) is 3. The van der Waals surface area contributed by atoms with E-state index in [1.807, 2.05) is 0 Å². The largest absolute Gasteiger partial charge is 0.805 e. The van der Waals surface area contributed by atoms with Crippen LogP contribution in [0.4, 0.5) is 0 Å². The summed E-state index contributed by atoms with van der Waals surface area (Å²) in [4.78, 5) is 25.2. The van der Waals surface area contributed by atoms with Gasteiger partial charge in [-0.2, -0.15) is 0 Å². The van der Waals surface area contributed by atoms with Gasteiger partial charge in [-0.25, -0.2) is 0 Å². The molecule has 0 saturated carbocycles. The lowest BCUT2D eigenvalue weighted by molar-refractivity contribution is -0.468. The van der Waals surface area contributed by atoms with E-state index in [1.54, 1.807) is 25.2 Å². The third kappa shape index (κ3) is 1.12. The monoisotopic (exact) mass is 231 g/mol. The van der Waals surface area contributed by atoms with Crippen LogP contribution in [0.5, 0.6) is 0 Å². The van der Waals surface area contributed by atoms with Crippen molar-refractivity contribution in [1.82, 2.24) is 9.63 Å². The fourth-order valence-corrected chi connectivity index (χ4v) is 2.11. The Hall–Kier alpha value is -2.37. The standard InChI is InChI=1S/C11H9N3O3/c1-12-6-9-10(11(12)15)14(17)8-5-3-2-4-7(8)13(9)16/h2-5H,6H2,1H3. The minimum Gasteiger partial charge on any atom is -0.805 e. The van der Waals surface area contributed by atoms with Crippen LogP contribution in [0.1, 0.15) is 16.2 Å². The first-order valence-electron chi connectivity index (χ1n) is 5.13. The summed E-state index contributed by atoms with van der Waals surface area (Å²) in [6, 6.07) is 6.44. The summed E-state index contributed by atoms with van der Waals surface area (Å²) in [5, 5.41) is 12.0. The second kappa shape index (κ2) is 3.07. The minimum atomic E-state index is -0.412. The van der Waals surface area contributed by atoms with E-state index in [9.17, 15) is 14.9 Å². The molecule has 0 aliphatic carbocycles. The molecule has 86 valence electrons. The Morgan fingerprint density at radius 1 is 1.35 bits per heavy atom. The zero-order chi connectivity index (χ0) is 12.2. The Labute approximate surface area is 95.9 Å². The molecular formula is C11H9N3O3. The molecule has 2 aromatic rings. The third-order valence-electron chi connectivity index (χ3n) is 2.98. The lowest BCUT2D eigenvalue weighted by Crippen LogP contribution is -2.30. The predicted molar refractivity (Wildman–Crippen MR) is 59.9 cm³/mol. The second-order valence-corrected chi connectivity index (χ2v) is 4.03. The molecule has 0 spiro atoms. The maximum Gasteiger partial charge on any atom is 0.348 e. The topological polar surface area (TPSA) is 71.3 Å². The summed E-state index contributed by atoms with van der Waals surface area (Å²) in [5.74, 6) is -0.412. The fraction of sp³-hybridized carbons (Fsp3) is 0.182. The van der Waals surface area contributed by atoms with E-state index < -0.39 is 5.91 Å². The van der Waals surface area contributed by atoms with Crippen LogP contribution in [-0.2, 0) is 6.54 Å². The molecule has 0 N–H and O–H groups in total. The van der Waals surface area contributed by atoms with Crippen molar-refractivity contribution < 1.29 is 9.22 Å². The first kappa shape index (κ1) is 9.83. The molecule has 0 radical (unpaired) electrons. The highest BCUT2D eigenvalue weighted by Crippen LogP contribution is 2.21. The maximum absolute atomic E-state index is 12.0. The molecule has 1 aliphatic heterocycles. The lowest BCUT2D eigenvalue weighted by Gasteiger charge is -2.15. The molecule has 6 nitrogen and oxygen atoms in total.